The molecule has 2 aromatic rings. The molecule has 0 saturated carbocycles. The molecule has 0 spiro atoms. The van der Waals surface area contributed by atoms with Gasteiger partial charge in [-0.2, -0.15) is 0 Å². The molecule has 1 aliphatic heterocycles. The quantitative estimate of drug-likeness (QED) is 0.615. The predicted molar refractivity (Wildman–Crippen MR) is 108 cm³/mol. The number of rotatable bonds is 8. The van der Waals surface area contributed by atoms with Gasteiger partial charge >= 0.3 is 0 Å². The van der Waals surface area contributed by atoms with Crippen LogP contribution in [0.5, 0.6) is 0 Å². The number of nitrogens with zero attached hydrogens (tertiary/aromatic N) is 1. The summed E-state index contributed by atoms with van der Waals surface area (Å²) in [6.45, 7) is 2.49. The van der Waals surface area contributed by atoms with E-state index in [-0.39, 0.29) is 23.0 Å². The van der Waals surface area contributed by atoms with E-state index in [2.05, 4.69) is 0 Å². The lowest BCUT2D eigenvalue weighted by Gasteiger charge is -2.32. The fourth-order valence-corrected chi connectivity index (χ4v) is 4.64. The molecule has 0 radical (unpaired) electrons. The summed E-state index contributed by atoms with van der Waals surface area (Å²) in [5.41, 5.74) is 1.14. The van der Waals surface area contributed by atoms with Crippen molar-refractivity contribution in [2.75, 3.05) is 25.4 Å². The standard InChI is InChI=1S/C22H26FNO4S/c23-20-6-8-21(9-7-20)29(26,27)15-12-22(25)24-13-10-19(11-14-24)17-28-16-18-4-2-1-3-5-18/h1-9,19H,10-17H2. The molecule has 1 amide bonds. The third-order valence-corrected chi connectivity index (χ3v) is 6.92. The van der Waals surface area contributed by atoms with E-state index in [1.165, 1.54) is 12.1 Å². The summed E-state index contributed by atoms with van der Waals surface area (Å²) in [6.07, 6.45) is 1.64. The van der Waals surface area contributed by atoms with Crippen molar-refractivity contribution < 1.29 is 22.3 Å². The minimum Gasteiger partial charge on any atom is -0.376 e. The van der Waals surface area contributed by atoms with E-state index in [9.17, 15) is 17.6 Å². The maximum Gasteiger partial charge on any atom is 0.223 e. The molecule has 7 heteroatoms. The predicted octanol–water partition coefficient (Wildman–Crippen LogP) is 3.44. The van der Waals surface area contributed by atoms with Gasteiger partial charge in [-0.25, -0.2) is 12.8 Å². The second kappa shape index (κ2) is 9.98. The monoisotopic (exact) mass is 419 g/mol. The Labute approximate surface area is 171 Å². The molecule has 5 nitrogen and oxygen atoms in total. The van der Waals surface area contributed by atoms with Gasteiger partial charge in [0.1, 0.15) is 5.82 Å². The lowest BCUT2D eigenvalue weighted by atomic mass is 9.97. The molecule has 0 aromatic heterocycles. The number of hydrogen-bond donors (Lipinski definition) is 0. The van der Waals surface area contributed by atoms with Crippen LogP contribution in [0.3, 0.4) is 0 Å². The highest BCUT2D eigenvalue weighted by Crippen LogP contribution is 2.20. The summed E-state index contributed by atoms with van der Waals surface area (Å²) in [6, 6.07) is 14.7. The molecule has 2 aromatic carbocycles. The van der Waals surface area contributed by atoms with E-state index < -0.39 is 15.7 Å². The Morgan fingerprint density at radius 2 is 1.69 bits per heavy atom. The molecule has 0 aliphatic carbocycles. The zero-order valence-corrected chi connectivity index (χ0v) is 17.1. The van der Waals surface area contributed by atoms with Gasteiger partial charge in [-0.1, -0.05) is 30.3 Å². The molecule has 1 fully saturated rings. The van der Waals surface area contributed by atoms with E-state index in [0.717, 1.165) is 30.5 Å². The number of carbonyl (C=O) groups is 1. The number of hydrogen-bond acceptors (Lipinski definition) is 4. The largest absolute Gasteiger partial charge is 0.376 e. The van der Waals surface area contributed by atoms with Crippen LogP contribution in [0.2, 0.25) is 0 Å². The molecule has 29 heavy (non-hydrogen) atoms. The van der Waals surface area contributed by atoms with Crippen molar-refractivity contribution in [3.05, 3.63) is 66.0 Å². The summed E-state index contributed by atoms with van der Waals surface area (Å²) >= 11 is 0. The second-order valence-electron chi connectivity index (χ2n) is 7.35. The molecular weight excluding hydrogens is 393 g/mol. The van der Waals surface area contributed by atoms with Crippen LogP contribution in [-0.4, -0.2) is 44.7 Å². The van der Waals surface area contributed by atoms with Crippen molar-refractivity contribution in [3.63, 3.8) is 0 Å². The summed E-state index contributed by atoms with van der Waals surface area (Å²) < 4.78 is 43.4. The van der Waals surface area contributed by atoms with Crippen LogP contribution in [0.15, 0.2) is 59.5 Å². The molecule has 0 N–H and O–H groups in total. The normalized spacial score (nSPS) is 15.4. The first-order valence-electron chi connectivity index (χ1n) is 9.82. The van der Waals surface area contributed by atoms with E-state index in [1.807, 2.05) is 30.3 Å². The topological polar surface area (TPSA) is 63.7 Å². The van der Waals surface area contributed by atoms with Gasteiger partial charge in [0.05, 0.1) is 17.3 Å². The number of amides is 1. The zero-order chi connectivity index (χ0) is 20.7. The lowest BCUT2D eigenvalue weighted by molar-refractivity contribution is -0.132. The minimum absolute atomic E-state index is 0.0426. The summed E-state index contributed by atoms with van der Waals surface area (Å²) in [5, 5.41) is 0. The van der Waals surface area contributed by atoms with Gasteiger partial charge in [-0.3, -0.25) is 4.79 Å². The highest BCUT2D eigenvalue weighted by atomic mass is 32.2. The minimum atomic E-state index is -3.59. The Bertz CT molecular complexity index is 892. The molecule has 0 atom stereocenters. The smallest absolute Gasteiger partial charge is 0.223 e. The third-order valence-electron chi connectivity index (χ3n) is 5.19. The Morgan fingerprint density at radius 3 is 2.34 bits per heavy atom. The average Bonchev–Trinajstić information content (AvgIpc) is 2.74. The first-order valence-corrected chi connectivity index (χ1v) is 11.5. The highest BCUT2D eigenvalue weighted by Gasteiger charge is 2.24. The highest BCUT2D eigenvalue weighted by molar-refractivity contribution is 7.91. The third kappa shape index (κ3) is 6.37. The SMILES string of the molecule is O=C(CCS(=O)(=O)c1ccc(F)cc1)N1CCC(COCc2ccccc2)CC1. The first kappa shape index (κ1) is 21.5. The lowest BCUT2D eigenvalue weighted by Crippen LogP contribution is -2.40. The van der Waals surface area contributed by atoms with E-state index in [1.54, 1.807) is 4.90 Å². The molecule has 1 aliphatic rings. The van der Waals surface area contributed by atoms with Gasteiger partial charge in [-0.05, 0) is 48.6 Å². The van der Waals surface area contributed by atoms with Gasteiger partial charge in [-0.15, -0.1) is 0 Å². The Morgan fingerprint density at radius 1 is 1.03 bits per heavy atom. The van der Waals surface area contributed by atoms with E-state index in [0.29, 0.717) is 32.2 Å². The fraction of sp³-hybridized carbons (Fsp3) is 0.409. The Balaban J connectivity index is 1.39. The molecule has 0 bridgehead atoms. The second-order valence-corrected chi connectivity index (χ2v) is 9.46. The zero-order valence-electron chi connectivity index (χ0n) is 16.3. The van der Waals surface area contributed by atoms with Crippen LogP contribution in [0.4, 0.5) is 4.39 Å². The number of piperidine rings is 1. The summed E-state index contributed by atoms with van der Waals surface area (Å²) in [5.74, 6) is -0.502. The molecule has 1 heterocycles. The van der Waals surface area contributed by atoms with Crippen molar-refractivity contribution in [1.29, 1.82) is 0 Å². The van der Waals surface area contributed by atoms with Crippen molar-refractivity contribution in [2.45, 2.75) is 30.8 Å². The van der Waals surface area contributed by atoms with Crippen molar-refractivity contribution in [2.24, 2.45) is 5.92 Å². The van der Waals surface area contributed by atoms with Crippen LogP contribution < -0.4 is 0 Å². The van der Waals surface area contributed by atoms with E-state index >= 15 is 0 Å². The molecule has 3 rings (SSSR count). The van der Waals surface area contributed by atoms with Gasteiger partial charge in [0, 0.05) is 26.1 Å². The number of ether oxygens (including phenoxy) is 1. The van der Waals surface area contributed by atoms with Crippen LogP contribution in [-0.2, 0) is 26.0 Å². The van der Waals surface area contributed by atoms with Gasteiger partial charge in [0.15, 0.2) is 9.84 Å². The van der Waals surface area contributed by atoms with Crippen molar-refractivity contribution in [1.82, 2.24) is 4.90 Å². The maximum atomic E-state index is 13.0. The number of carbonyl (C=O) groups excluding carboxylic acids is 1. The Kier molecular flexibility index (Phi) is 7.39. The van der Waals surface area contributed by atoms with E-state index in [4.69, 9.17) is 4.74 Å². The van der Waals surface area contributed by atoms with Gasteiger partial charge in [0.2, 0.25) is 5.91 Å². The first-order chi connectivity index (χ1) is 13.9. The summed E-state index contributed by atoms with van der Waals surface area (Å²) in [7, 11) is -3.59. The molecule has 156 valence electrons. The molecule has 1 saturated heterocycles. The number of likely N-dealkylation sites (tertiary alicyclic amines) is 1. The van der Waals surface area contributed by atoms with Crippen LogP contribution in [0.25, 0.3) is 0 Å². The molecule has 0 unspecified atom stereocenters. The van der Waals surface area contributed by atoms with Crippen molar-refractivity contribution in [3.8, 4) is 0 Å². The average molecular weight is 420 g/mol. The Hall–Kier alpha value is -2.25. The van der Waals surface area contributed by atoms with Gasteiger partial charge in [0.25, 0.3) is 0 Å². The van der Waals surface area contributed by atoms with Gasteiger partial charge < -0.3 is 9.64 Å². The summed E-state index contributed by atoms with van der Waals surface area (Å²) in [4.78, 5) is 14.2. The molecular formula is C22H26FNO4S. The van der Waals surface area contributed by atoms with Crippen LogP contribution in [0.1, 0.15) is 24.8 Å². The van der Waals surface area contributed by atoms with Crippen LogP contribution in [0, 0.1) is 11.7 Å². The van der Waals surface area contributed by atoms with Crippen molar-refractivity contribution >= 4 is 15.7 Å². The fourth-order valence-electron chi connectivity index (χ4n) is 3.41. The number of benzene rings is 2. The maximum absolute atomic E-state index is 13.0. The number of halogens is 1. The number of sulfone groups is 1. The van der Waals surface area contributed by atoms with Crippen LogP contribution >= 0.6 is 0 Å².